The van der Waals surface area contributed by atoms with E-state index in [0.29, 0.717) is 32.2 Å². The summed E-state index contributed by atoms with van der Waals surface area (Å²) < 4.78 is 43.6. The number of alkyl halides is 3. The highest BCUT2D eigenvalue weighted by Gasteiger charge is 2.35. The first-order chi connectivity index (χ1) is 9.99. The summed E-state index contributed by atoms with van der Waals surface area (Å²) in [6.45, 7) is 4.28. The highest BCUT2D eigenvalue weighted by molar-refractivity contribution is 5.47. The Kier molecular flexibility index (Phi) is 5.22. The van der Waals surface area contributed by atoms with E-state index in [4.69, 9.17) is 4.74 Å². The van der Waals surface area contributed by atoms with Gasteiger partial charge in [0.2, 0.25) is 5.82 Å². The van der Waals surface area contributed by atoms with Crippen molar-refractivity contribution in [1.29, 1.82) is 0 Å². The van der Waals surface area contributed by atoms with E-state index in [9.17, 15) is 13.2 Å². The molecule has 2 N–H and O–H groups in total. The van der Waals surface area contributed by atoms with Crippen molar-refractivity contribution in [2.75, 3.05) is 36.9 Å². The molecule has 0 aromatic carbocycles. The summed E-state index contributed by atoms with van der Waals surface area (Å²) in [6, 6.07) is 1.50. The molecule has 2 heterocycles. The summed E-state index contributed by atoms with van der Waals surface area (Å²) in [4.78, 5) is 7.03. The molecule has 0 bridgehead atoms. The maximum Gasteiger partial charge on any atom is 0.451 e. The molecule has 0 radical (unpaired) electrons. The van der Waals surface area contributed by atoms with E-state index in [2.05, 4.69) is 20.6 Å². The van der Waals surface area contributed by atoms with Crippen molar-refractivity contribution in [3.05, 3.63) is 11.9 Å². The molecule has 21 heavy (non-hydrogen) atoms. The van der Waals surface area contributed by atoms with E-state index in [-0.39, 0.29) is 11.6 Å². The Bertz CT molecular complexity index is 461. The summed E-state index contributed by atoms with van der Waals surface area (Å²) in [7, 11) is 0. The molecular formula is C13H19F3N4O. The Labute approximate surface area is 121 Å². The number of hydrogen-bond acceptors (Lipinski definition) is 5. The maximum atomic E-state index is 12.8. The molecule has 0 unspecified atom stereocenters. The van der Waals surface area contributed by atoms with Gasteiger partial charge in [-0.2, -0.15) is 13.2 Å². The smallest absolute Gasteiger partial charge is 0.381 e. The molecule has 118 valence electrons. The van der Waals surface area contributed by atoms with Crippen LogP contribution in [0.1, 0.15) is 25.6 Å². The van der Waals surface area contributed by atoms with Gasteiger partial charge in [-0.1, -0.05) is 0 Å². The van der Waals surface area contributed by atoms with Crippen LogP contribution in [-0.4, -0.2) is 36.3 Å². The quantitative estimate of drug-likeness (QED) is 0.876. The van der Waals surface area contributed by atoms with Crippen LogP contribution in [0.5, 0.6) is 0 Å². The van der Waals surface area contributed by atoms with Crippen LogP contribution in [0.25, 0.3) is 0 Å². The maximum absolute atomic E-state index is 12.8. The third-order valence-electron chi connectivity index (χ3n) is 3.25. The number of nitrogens with one attached hydrogen (secondary N) is 2. The molecule has 0 amide bonds. The Morgan fingerprint density at radius 2 is 1.81 bits per heavy atom. The Balaban J connectivity index is 2.07. The van der Waals surface area contributed by atoms with Gasteiger partial charge in [0.05, 0.1) is 0 Å². The minimum Gasteiger partial charge on any atom is -0.381 e. The predicted octanol–water partition coefficient (Wildman–Crippen LogP) is 2.77. The van der Waals surface area contributed by atoms with Gasteiger partial charge >= 0.3 is 6.18 Å². The van der Waals surface area contributed by atoms with Crippen molar-refractivity contribution in [3.8, 4) is 0 Å². The molecule has 0 atom stereocenters. The van der Waals surface area contributed by atoms with E-state index in [1.165, 1.54) is 6.07 Å². The zero-order valence-electron chi connectivity index (χ0n) is 11.8. The lowest BCUT2D eigenvalue weighted by molar-refractivity contribution is -0.144. The molecule has 0 saturated carbocycles. The third-order valence-corrected chi connectivity index (χ3v) is 3.25. The van der Waals surface area contributed by atoms with Gasteiger partial charge in [-0.3, -0.25) is 0 Å². The van der Waals surface area contributed by atoms with Gasteiger partial charge in [0.15, 0.2) is 0 Å². The lowest BCUT2D eigenvalue weighted by Crippen LogP contribution is -2.23. The average Bonchev–Trinajstić information content (AvgIpc) is 2.45. The van der Waals surface area contributed by atoms with E-state index >= 15 is 0 Å². The van der Waals surface area contributed by atoms with Gasteiger partial charge in [-0.05, 0) is 25.7 Å². The number of nitrogens with zero attached hydrogens (tertiary/aromatic N) is 2. The van der Waals surface area contributed by atoms with Gasteiger partial charge in [0.1, 0.15) is 11.6 Å². The zero-order valence-corrected chi connectivity index (χ0v) is 11.8. The normalized spacial score (nSPS) is 16.8. The second-order valence-electron chi connectivity index (χ2n) is 4.93. The minimum atomic E-state index is -4.56. The fourth-order valence-electron chi connectivity index (χ4n) is 2.14. The lowest BCUT2D eigenvalue weighted by Gasteiger charge is -2.22. The highest BCUT2D eigenvalue weighted by atomic mass is 19.4. The molecule has 1 aromatic heterocycles. The first-order valence-electron chi connectivity index (χ1n) is 7.01. The summed E-state index contributed by atoms with van der Waals surface area (Å²) in [6.07, 6.45) is -2.74. The monoisotopic (exact) mass is 304 g/mol. The van der Waals surface area contributed by atoms with Gasteiger partial charge in [0.25, 0.3) is 0 Å². The van der Waals surface area contributed by atoms with Crippen LogP contribution in [0.2, 0.25) is 0 Å². The Morgan fingerprint density at radius 1 is 1.19 bits per heavy atom. The second kappa shape index (κ2) is 6.93. The van der Waals surface area contributed by atoms with Gasteiger partial charge < -0.3 is 15.4 Å². The fraction of sp³-hybridized carbons (Fsp3) is 0.692. The summed E-state index contributed by atoms with van der Waals surface area (Å²) in [5.74, 6) is -0.366. The van der Waals surface area contributed by atoms with Crippen LogP contribution in [0.4, 0.5) is 24.8 Å². The molecule has 1 fully saturated rings. The summed E-state index contributed by atoms with van der Waals surface area (Å²) >= 11 is 0. The number of aromatic nitrogens is 2. The second-order valence-corrected chi connectivity index (χ2v) is 4.93. The summed E-state index contributed by atoms with van der Waals surface area (Å²) in [5.41, 5.74) is 0. The van der Waals surface area contributed by atoms with E-state index in [1.807, 2.05) is 0 Å². The first-order valence-corrected chi connectivity index (χ1v) is 7.01. The van der Waals surface area contributed by atoms with Crippen LogP contribution in [0, 0.1) is 5.92 Å². The van der Waals surface area contributed by atoms with Crippen LogP contribution >= 0.6 is 0 Å². The van der Waals surface area contributed by atoms with Crippen molar-refractivity contribution in [2.24, 2.45) is 5.92 Å². The molecule has 2 rings (SSSR count). The van der Waals surface area contributed by atoms with Gasteiger partial charge in [-0.15, -0.1) is 0 Å². The van der Waals surface area contributed by atoms with Crippen LogP contribution in [-0.2, 0) is 10.9 Å². The molecule has 5 nitrogen and oxygen atoms in total. The lowest BCUT2D eigenvalue weighted by atomic mass is 10.0. The molecule has 8 heteroatoms. The zero-order chi connectivity index (χ0) is 15.3. The Morgan fingerprint density at radius 3 is 2.38 bits per heavy atom. The van der Waals surface area contributed by atoms with Crippen LogP contribution < -0.4 is 10.6 Å². The van der Waals surface area contributed by atoms with E-state index in [0.717, 1.165) is 12.8 Å². The Hall–Kier alpha value is -1.57. The van der Waals surface area contributed by atoms with Crippen molar-refractivity contribution < 1.29 is 17.9 Å². The standard InChI is InChI=1S/C13H19F3N4O/c1-2-17-10-7-11(20-12(19-10)13(14,15)16)18-8-9-3-5-21-6-4-9/h7,9H,2-6,8H2,1H3,(H2,17,18,19,20). The SMILES string of the molecule is CCNc1cc(NCC2CCOCC2)nc(C(F)(F)F)n1. The van der Waals surface area contributed by atoms with Crippen LogP contribution in [0.3, 0.4) is 0 Å². The molecule has 1 aliphatic heterocycles. The molecule has 0 spiro atoms. The largest absolute Gasteiger partial charge is 0.451 e. The number of rotatable bonds is 5. The molecule has 0 aliphatic carbocycles. The van der Waals surface area contributed by atoms with Crippen molar-refractivity contribution >= 4 is 11.6 Å². The molecule has 1 aliphatic rings. The molecular weight excluding hydrogens is 285 g/mol. The predicted molar refractivity (Wildman–Crippen MR) is 73.2 cm³/mol. The van der Waals surface area contributed by atoms with E-state index in [1.54, 1.807) is 6.92 Å². The first kappa shape index (κ1) is 15.8. The summed E-state index contributed by atoms with van der Waals surface area (Å²) in [5, 5.41) is 5.77. The van der Waals surface area contributed by atoms with Crippen molar-refractivity contribution in [3.63, 3.8) is 0 Å². The van der Waals surface area contributed by atoms with Gasteiger partial charge in [-0.25, -0.2) is 9.97 Å². The van der Waals surface area contributed by atoms with E-state index < -0.39 is 12.0 Å². The number of hydrogen-bond donors (Lipinski definition) is 2. The topological polar surface area (TPSA) is 59.1 Å². The van der Waals surface area contributed by atoms with Crippen molar-refractivity contribution in [1.82, 2.24) is 9.97 Å². The number of ether oxygens (including phenoxy) is 1. The highest BCUT2D eigenvalue weighted by Crippen LogP contribution is 2.28. The number of anilines is 2. The van der Waals surface area contributed by atoms with Gasteiger partial charge in [0, 0.05) is 32.4 Å². The minimum absolute atomic E-state index is 0.175. The molecule has 1 aromatic rings. The van der Waals surface area contributed by atoms with Crippen LogP contribution in [0.15, 0.2) is 6.07 Å². The average molecular weight is 304 g/mol. The fourth-order valence-corrected chi connectivity index (χ4v) is 2.14. The van der Waals surface area contributed by atoms with Crippen molar-refractivity contribution in [2.45, 2.75) is 25.9 Å². The number of halogens is 3. The third kappa shape index (κ3) is 4.73. The molecule has 1 saturated heterocycles.